The van der Waals surface area contributed by atoms with Crippen LogP contribution in [0, 0.1) is 0 Å². The molecule has 162 valence electrons. The number of para-hydroxylation sites is 1. The highest BCUT2D eigenvalue weighted by atomic mass is 35.5. The van der Waals surface area contributed by atoms with Crippen LogP contribution in [0.5, 0.6) is 11.5 Å². The molecule has 0 aromatic heterocycles. The highest BCUT2D eigenvalue weighted by Gasteiger charge is 2.11. The Balaban J connectivity index is 1.58. The van der Waals surface area contributed by atoms with Crippen LogP contribution >= 0.6 is 11.6 Å². The first-order valence-electron chi connectivity index (χ1n) is 10.3. The lowest BCUT2D eigenvalue weighted by atomic mass is 10.1. The van der Waals surface area contributed by atoms with Crippen molar-refractivity contribution in [2.24, 2.45) is 0 Å². The summed E-state index contributed by atoms with van der Waals surface area (Å²) < 4.78 is 11.4. The van der Waals surface area contributed by atoms with E-state index in [1.54, 1.807) is 0 Å². The molecule has 31 heavy (non-hydrogen) atoms. The van der Waals surface area contributed by atoms with Gasteiger partial charge < -0.3 is 20.1 Å². The van der Waals surface area contributed by atoms with Crippen LogP contribution in [0.2, 0.25) is 5.02 Å². The van der Waals surface area contributed by atoms with E-state index in [4.69, 9.17) is 21.1 Å². The lowest BCUT2D eigenvalue weighted by Crippen LogP contribution is -2.20. The van der Waals surface area contributed by atoms with Crippen LogP contribution in [0.25, 0.3) is 0 Å². The second-order valence-electron chi connectivity index (χ2n) is 7.07. The SMILES string of the molecule is CCOc1cc(CNC(C)c2ccc(Cl)cc2)ccc1OCC(=O)Nc1ccccc1. The first-order valence-corrected chi connectivity index (χ1v) is 10.6. The number of halogens is 1. The van der Waals surface area contributed by atoms with Gasteiger partial charge in [-0.15, -0.1) is 0 Å². The van der Waals surface area contributed by atoms with E-state index >= 15 is 0 Å². The minimum absolute atomic E-state index is 0.0971. The lowest BCUT2D eigenvalue weighted by molar-refractivity contribution is -0.118. The van der Waals surface area contributed by atoms with Gasteiger partial charge in [0, 0.05) is 23.3 Å². The van der Waals surface area contributed by atoms with E-state index in [9.17, 15) is 4.79 Å². The Morgan fingerprint density at radius 3 is 2.42 bits per heavy atom. The standard InChI is InChI=1S/C25H27ClN2O3/c1-3-30-24-15-19(16-27-18(2)20-10-12-21(26)13-11-20)9-14-23(24)31-17-25(29)28-22-7-5-4-6-8-22/h4-15,18,27H,3,16-17H2,1-2H3,(H,28,29). The van der Waals surface area contributed by atoms with E-state index in [0.717, 1.165) is 16.3 Å². The van der Waals surface area contributed by atoms with Crippen LogP contribution < -0.4 is 20.1 Å². The monoisotopic (exact) mass is 438 g/mol. The average Bonchev–Trinajstić information content (AvgIpc) is 2.78. The van der Waals surface area contributed by atoms with Gasteiger partial charge in [0.05, 0.1) is 6.61 Å². The molecule has 3 rings (SSSR count). The summed E-state index contributed by atoms with van der Waals surface area (Å²) in [6, 6.07) is 23.0. The molecule has 0 saturated carbocycles. The van der Waals surface area contributed by atoms with Gasteiger partial charge in [0.25, 0.3) is 5.91 Å². The molecule has 0 aliphatic rings. The summed E-state index contributed by atoms with van der Waals surface area (Å²) in [5.74, 6) is 0.934. The van der Waals surface area contributed by atoms with E-state index < -0.39 is 0 Å². The van der Waals surface area contributed by atoms with Crippen LogP contribution in [0.3, 0.4) is 0 Å². The molecule has 5 nitrogen and oxygen atoms in total. The molecular weight excluding hydrogens is 412 g/mol. The van der Waals surface area contributed by atoms with Crippen LogP contribution in [0.4, 0.5) is 5.69 Å². The van der Waals surface area contributed by atoms with Crippen molar-refractivity contribution in [1.29, 1.82) is 0 Å². The number of hydrogen-bond acceptors (Lipinski definition) is 4. The highest BCUT2D eigenvalue weighted by Crippen LogP contribution is 2.29. The maximum atomic E-state index is 12.2. The van der Waals surface area contributed by atoms with Gasteiger partial charge in [0.2, 0.25) is 0 Å². The number of carbonyl (C=O) groups is 1. The number of anilines is 1. The molecule has 0 saturated heterocycles. The van der Waals surface area contributed by atoms with Crippen molar-refractivity contribution in [3.63, 3.8) is 0 Å². The van der Waals surface area contributed by atoms with Gasteiger partial charge in [0.15, 0.2) is 18.1 Å². The number of nitrogens with one attached hydrogen (secondary N) is 2. The van der Waals surface area contributed by atoms with Crippen molar-refractivity contribution < 1.29 is 14.3 Å². The molecule has 1 amide bonds. The van der Waals surface area contributed by atoms with Gasteiger partial charge in [-0.1, -0.05) is 48.0 Å². The third-order valence-electron chi connectivity index (χ3n) is 4.71. The maximum Gasteiger partial charge on any atom is 0.262 e. The molecular formula is C25H27ClN2O3. The van der Waals surface area contributed by atoms with Gasteiger partial charge in [-0.3, -0.25) is 4.79 Å². The predicted molar refractivity (Wildman–Crippen MR) is 125 cm³/mol. The van der Waals surface area contributed by atoms with Gasteiger partial charge >= 0.3 is 0 Å². The maximum absolute atomic E-state index is 12.2. The zero-order valence-electron chi connectivity index (χ0n) is 17.7. The fourth-order valence-corrected chi connectivity index (χ4v) is 3.18. The van der Waals surface area contributed by atoms with Crippen molar-refractivity contribution >= 4 is 23.2 Å². The first-order chi connectivity index (χ1) is 15.0. The van der Waals surface area contributed by atoms with Gasteiger partial charge in [-0.05, 0) is 61.4 Å². The van der Waals surface area contributed by atoms with Crippen molar-refractivity contribution in [1.82, 2.24) is 5.32 Å². The summed E-state index contributed by atoms with van der Waals surface area (Å²) in [5, 5.41) is 7.03. The van der Waals surface area contributed by atoms with E-state index in [2.05, 4.69) is 17.6 Å². The molecule has 0 bridgehead atoms. The molecule has 0 spiro atoms. The Kier molecular flexibility index (Phi) is 8.33. The van der Waals surface area contributed by atoms with Gasteiger partial charge in [-0.2, -0.15) is 0 Å². The number of ether oxygens (including phenoxy) is 2. The van der Waals surface area contributed by atoms with Gasteiger partial charge in [0.1, 0.15) is 0 Å². The van der Waals surface area contributed by atoms with E-state index in [0.29, 0.717) is 24.7 Å². The molecule has 2 N–H and O–H groups in total. The molecule has 3 aromatic carbocycles. The van der Waals surface area contributed by atoms with E-state index in [1.807, 2.05) is 79.7 Å². The first kappa shape index (κ1) is 22.7. The number of benzene rings is 3. The van der Waals surface area contributed by atoms with Crippen LogP contribution in [-0.4, -0.2) is 19.1 Å². The van der Waals surface area contributed by atoms with Gasteiger partial charge in [-0.25, -0.2) is 0 Å². The summed E-state index contributed by atoms with van der Waals surface area (Å²) >= 11 is 5.97. The molecule has 0 heterocycles. The summed E-state index contributed by atoms with van der Waals surface area (Å²) in [6.07, 6.45) is 0. The Labute approximate surface area is 188 Å². The molecule has 0 aliphatic carbocycles. The fourth-order valence-electron chi connectivity index (χ4n) is 3.05. The Morgan fingerprint density at radius 1 is 0.968 bits per heavy atom. The van der Waals surface area contributed by atoms with Crippen LogP contribution in [-0.2, 0) is 11.3 Å². The highest BCUT2D eigenvalue weighted by molar-refractivity contribution is 6.30. The summed E-state index contributed by atoms with van der Waals surface area (Å²) in [7, 11) is 0. The smallest absolute Gasteiger partial charge is 0.262 e. The number of amides is 1. The van der Waals surface area contributed by atoms with Crippen molar-refractivity contribution in [2.45, 2.75) is 26.4 Å². The van der Waals surface area contributed by atoms with Crippen LogP contribution in [0.15, 0.2) is 72.8 Å². The average molecular weight is 439 g/mol. The summed E-state index contributed by atoms with van der Waals surface area (Å²) in [5.41, 5.74) is 2.96. The summed E-state index contributed by atoms with van der Waals surface area (Å²) in [6.45, 7) is 5.10. The Bertz CT molecular complexity index is 978. The van der Waals surface area contributed by atoms with Crippen LogP contribution in [0.1, 0.15) is 31.0 Å². The molecule has 0 radical (unpaired) electrons. The van der Waals surface area contributed by atoms with E-state index in [1.165, 1.54) is 5.56 Å². The molecule has 0 fully saturated rings. The van der Waals surface area contributed by atoms with E-state index in [-0.39, 0.29) is 18.6 Å². The molecule has 3 aromatic rings. The molecule has 6 heteroatoms. The zero-order valence-corrected chi connectivity index (χ0v) is 18.5. The number of carbonyl (C=O) groups excluding carboxylic acids is 1. The minimum Gasteiger partial charge on any atom is -0.490 e. The molecule has 1 unspecified atom stereocenters. The normalized spacial score (nSPS) is 11.6. The second kappa shape index (κ2) is 11.4. The van der Waals surface area contributed by atoms with Crippen molar-refractivity contribution in [3.8, 4) is 11.5 Å². The lowest BCUT2D eigenvalue weighted by Gasteiger charge is -2.16. The number of rotatable bonds is 10. The summed E-state index contributed by atoms with van der Waals surface area (Å²) in [4.78, 5) is 12.2. The Hall–Kier alpha value is -3.02. The zero-order chi connectivity index (χ0) is 22.1. The Morgan fingerprint density at radius 2 is 1.71 bits per heavy atom. The number of hydrogen-bond donors (Lipinski definition) is 2. The second-order valence-corrected chi connectivity index (χ2v) is 7.51. The van der Waals surface area contributed by atoms with Crippen molar-refractivity contribution in [3.05, 3.63) is 88.9 Å². The largest absolute Gasteiger partial charge is 0.490 e. The molecule has 1 atom stereocenters. The topological polar surface area (TPSA) is 59.6 Å². The van der Waals surface area contributed by atoms with Crippen molar-refractivity contribution in [2.75, 3.05) is 18.5 Å². The quantitative estimate of drug-likeness (QED) is 0.432. The molecule has 0 aliphatic heterocycles. The third kappa shape index (κ3) is 7.02. The predicted octanol–water partition coefficient (Wildman–Crippen LogP) is 5.61. The third-order valence-corrected chi connectivity index (χ3v) is 4.96. The minimum atomic E-state index is -0.226. The fraction of sp³-hybridized carbons (Fsp3) is 0.240.